The fraction of sp³-hybridized carbons (Fsp3) is 0.375. The summed E-state index contributed by atoms with van der Waals surface area (Å²) in [6.07, 6.45) is 1.31. The van der Waals surface area contributed by atoms with Crippen LogP contribution in [0.2, 0.25) is 0 Å². The van der Waals surface area contributed by atoms with Gasteiger partial charge in [-0.25, -0.2) is 4.98 Å². The van der Waals surface area contributed by atoms with E-state index in [1.165, 1.54) is 11.3 Å². The molecule has 6 nitrogen and oxygen atoms in total. The van der Waals surface area contributed by atoms with E-state index in [-0.39, 0.29) is 18.7 Å². The first kappa shape index (κ1) is 14.5. The highest BCUT2D eigenvalue weighted by Gasteiger charge is 2.18. The molecule has 2 aliphatic rings. The Morgan fingerprint density at radius 1 is 1.39 bits per heavy atom. The van der Waals surface area contributed by atoms with Crippen molar-refractivity contribution < 1.29 is 14.3 Å². The molecule has 1 amide bonds. The maximum Gasteiger partial charge on any atom is 0.231 e. The zero-order valence-electron chi connectivity index (χ0n) is 12.5. The quantitative estimate of drug-likeness (QED) is 0.889. The second kappa shape index (κ2) is 6.17. The lowest BCUT2D eigenvalue weighted by molar-refractivity contribution is -0.121. The van der Waals surface area contributed by atoms with Crippen LogP contribution in [0, 0.1) is 0 Å². The zero-order chi connectivity index (χ0) is 15.6. The van der Waals surface area contributed by atoms with E-state index in [9.17, 15) is 4.79 Å². The number of aromatic nitrogens is 1. The Labute approximate surface area is 137 Å². The number of thiazole rings is 1. The molecular weight excluding hydrogens is 314 g/mol. The second-order valence-electron chi connectivity index (χ2n) is 5.65. The van der Waals surface area contributed by atoms with Crippen LogP contribution in [-0.2, 0) is 11.2 Å². The lowest BCUT2D eigenvalue weighted by Crippen LogP contribution is -2.37. The minimum Gasteiger partial charge on any atom is -0.454 e. The van der Waals surface area contributed by atoms with Crippen molar-refractivity contribution in [3.63, 3.8) is 0 Å². The molecule has 120 valence electrons. The molecular formula is C16H17N3O3S. The highest BCUT2D eigenvalue weighted by Crippen LogP contribution is 2.36. The molecule has 7 heteroatoms. The first-order valence-corrected chi connectivity index (χ1v) is 8.50. The summed E-state index contributed by atoms with van der Waals surface area (Å²) in [7, 11) is 0. The van der Waals surface area contributed by atoms with Gasteiger partial charge in [-0.05, 0) is 31.2 Å². The normalized spacial score (nSPS) is 19.0. The van der Waals surface area contributed by atoms with Crippen molar-refractivity contribution in [1.82, 2.24) is 15.6 Å². The number of hydrogen-bond donors (Lipinski definition) is 2. The summed E-state index contributed by atoms with van der Waals surface area (Å²) in [4.78, 5) is 16.6. The predicted octanol–water partition coefficient (Wildman–Crippen LogP) is 1.56. The molecule has 1 fully saturated rings. The van der Waals surface area contributed by atoms with Crippen molar-refractivity contribution >= 4 is 17.2 Å². The molecule has 4 rings (SSSR count). The van der Waals surface area contributed by atoms with E-state index < -0.39 is 0 Å². The Hall–Kier alpha value is -2.12. The van der Waals surface area contributed by atoms with Crippen molar-refractivity contribution in [2.75, 3.05) is 19.9 Å². The molecule has 2 N–H and O–H groups in total. The van der Waals surface area contributed by atoms with Crippen LogP contribution in [0.4, 0.5) is 0 Å². The van der Waals surface area contributed by atoms with E-state index >= 15 is 0 Å². The maximum absolute atomic E-state index is 12.1. The number of nitrogens with zero attached hydrogens (tertiary/aromatic N) is 1. The molecule has 1 unspecified atom stereocenters. The third-order valence-corrected chi connectivity index (χ3v) is 4.88. The van der Waals surface area contributed by atoms with Crippen LogP contribution < -0.4 is 20.1 Å². The fourth-order valence-electron chi connectivity index (χ4n) is 2.77. The number of ether oxygens (including phenoxy) is 2. The Bertz CT molecular complexity index is 725. The molecule has 1 aromatic heterocycles. The van der Waals surface area contributed by atoms with Crippen LogP contribution in [0.15, 0.2) is 23.6 Å². The smallest absolute Gasteiger partial charge is 0.231 e. The monoisotopic (exact) mass is 331 g/mol. The van der Waals surface area contributed by atoms with Gasteiger partial charge in [-0.1, -0.05) is 0 Å². The lowest BCUT2D eigenvalue weighted by Gasteiger charge is -2.10. The molecule has 0 aliphatic carbocycles. The summed E-state index contributed by atoms with van der Waals surface area (Å²) in [5, 5.41) is 9.09. The maximum atomic E-state index is 12.1. The van der Waals surface area contributed by atoms with Crippen LogP contribution in [0.3, 0.4) is 0 Å². The molecule has 1 aromatic carbocycles. The Kier molecular flexibility index (Phi) is 3.88. The number of hydrogen-bond acceptors (Lipinski definition) is 6. The van der Waals surface area contributed by atoms with Gasteiger partial charge in [0.15, 0.2) is 11.5 Å². The van der Waals surface area contributed by atoms with Gasteiger partial charge < -0.3 is 20.1 Å². The average Bonchev–Trinajstić information content (AvgIpc) is 3.27. The molecule has 2 aromatic rings. The molecule has 0 saturated carbocycles. The van der Waals surface area contributed by atoms with Gasteiger partial charge >= 0.3 is 0 Å². The fourth-order valence-corrected chi connectivity index (χ4v) is 3.59. The summed E-state index contributed by atoms with van der Waals surface area (Å²) in [6.45, 7) is 2.08. The SMILES string of the molecule is O=C(Cc1csc(-c2ccc3c(c2)OCO3)n1)NC1CCNC1. The van der Waals surface area contributed by atoms with E-state index in [0.717, 1.165) is 47.3 Å². The minimum absolute atomic E-state index is 0.0289. The molecule has 0 radical (unpaired) electrons. The highest BCUT2D eigenvalue weighted by molar-refractivity contribution is 7.13. The molecule has 3 heterocycles. The highest BCUT2D eigenvalue weighted by atomic mass is 32.1. The Morgan fingerprint density at radius 2 is 2.30 bits per heavy atom. The van der Waals surface area contributed by atoms with Gasteiger partial charge in [-0.2, -0.15) is 0 Å². The number of nitrogens with one attached hydrogen (secondary N) is 2. The summed E-state index contributed by atoms with van der Waals surface area (Å²) >= 11 is 1.53. The predicted molar refractivity (Wildman–Crippen MR) is 86.8 cm³/mol. The first-order valence-electron chi connectivity index (χ1n) is 7.62. The van der Waals surface area contributed by atoms with Gasteiger partial charge in [0.05, 0.1) is 12.1 Å². The van der Waals surface area contributed by atoms with E-state index in [1.807, 2.05) is 23.6 Å². The van der Waals surface area contributed by atoms with Crippen LogP contribution >= 0.6 is 11.3 Å². The third kappa shape index (κ3) is 3.16. The second-order valence-corrected chi connectivity index (χ2v) is 6.50. The van der Waals surface area contributed by atoms with Gasteiger partial charge in [0.2, 0.25) is 12.7 Å². The van der Waals surface area contributed by atoms with E-state index in [0.29, 0.717) is 6.42 Å². The van der Waals surface area contributed by atoms with Gasteiger partial charge in [0, 0.05) is 23.5 Å². The largest absolute Gasteiger partial charge is 0.454 e. The van der Waals surface area contributed by atoms with Crippen LogP contribution in [-0.4, -0.2) is 36.8 Å². The van der Waals surface area contributed by atoms with Crippen molar-refractivity contribution in [1.29, 1.82) is 0 Å². The standard InChI is InChI=1S/C16H17N3O3S/c20-15(18-11-3-4-17-7-11)6-12-8-23-16(19-12)10-1-2-13-14(5-10)22-9-21-13/h1-2,5,8,11,17H,3-4,6-7,9H2,(H,18,20). The van der Waals surface area contributed by atoms with E-state index in [2.05, 4.69) is 15.6 Å². The summed E-state index contributed by atoms with van der Waals surface area (Å²) in [6, 6.07) is 6.02. The van der Waals surface area contributed by atoms with Crippen molar-refractivity contribution in [3.8, 4) is 22.1 Å². The van der Waals surface area contributed by atoms with Gasteiger partial charge in [-0.3, -0.25) is 4.79 Å². The summed E-state index contributed by atoms with van der Waals surface area (Å²) in [5.41, 5.74) is 1.78. The molecule has 1 atom stereocenters. The number of rotatable bonds is 4. The molecule has 0 bridgehead atoms. The average molecular weight is 331 g/mol. The van der Waals surface area contributed by atoms with E-state index in [1.54, 1.807) is 0 Å². The molecule has 23 heavy (non-hydrogen) atoms. The Balaban J connectivity index is 1.43. The van der Waals surface area contributed by atoms with E-state index in [4.69, 9.17) is 9.47 Å². The minimum atomic E-state index is 0.0289. The number of fused-ring (bicyclic) bond motifs is 1. The number of amides is 1. The number of carbonyl (C=O) groups excluding carboxylic acids is 1. The molecule has 0 spiro atoms. The topological polar surface area (TPSA) is 72.5 Å². The molecule has 2 aliphatic heterocycles. The van der Waals surface area contributed by atoms with Crippen molar-refractivity contribution in [3.05, 3.63) is 29.3 Å². The van der Waals surface area contributed by atoms with Gasteiger partial charge in [0.1, 0.15) is 5.01 Å². The van der Waals surface area contributed by atoms with Gasteiger partial charge in [0.25, 0.3) is 0 Å². The lowest BCUT2D eigenvalue weighted by atomic mass is 10.2. The van der Waals surface area contributed by atoms with Crippen molar-refractivity contribution in [2.45, 2.75) is 18.9 Å². The van der Waals surface area contributed by atoms with Crippen molar-refractivity contribution in [2.24, 2.45) is 0 Å². The summed E-state index contributed by atoms with van der Waals surface area (Å²) < 4.78 is 10.7. The zero-order valence-corrected chi connectivity index (χ0v) is 13.3. The third-order valence-electron chi connectivity index (χ3n) is 3.94. The molecule has 1 saturated heterocycles. The number of carbonyl (C=O) groups is 1. The van der Waals surface area contributed by atoms with Crippen LogP contribution in [0.25, 0.3) is 10.6 Å². The Morgan fingerprint density at radius 3 is 3.17 bits per heavy atom. The van der Waals surface area contributed by atoms with Crippen LogP contribution in [0.5, 0.6) is 11.5 Å². The van der Waals surface area contributed by atoms with Gasteiger partial charge in [-0.15, -0.1) is 11.3 Å². The first-order chi connectivity index (χ1) is 11.3. The summed E-state index contributed by atoms with van der Waals surface area (Å²) in [5.74, 6) is 1.53. The van der Waals surface area contributed by atoms with Crippen LogP contribution in [0.1, 0.15) is 12.1 Å². The number of benzene rings is 1.